The van der Waals surface area contributed by atoms with Crippen LogP contribution in [-0.2, 0) is 6.54 Å². The molecule has 0 fully saturated rings. The van der Waals surface area contributed by atoms with Crippen molar-refractivity contribution in [3.05, 3.63) is 48.2 Å². The van der Waals surface area contributed by atoms with Crippen LogP contribution in [0.3, 0.4) is 0 Å². The number of benzene rings is 1. The molecule has 21 heavy (non-hydrogen) atoms. The lowest BCUT2D eigenvalue weighted by Crippen LogP contribution is -2.28. The summed E-state index contributed by atoms with van der Waals surface area (Å²) in [4.78, 5) is 7.13. The molecule has 3 nitrogen and oxygen atoms in total. The van der Waals surface area contributed by atoms with Crippen molar-refractivity contribution < 1.29 is 0 Å². The summed E-state index contributed by atoms with van der Waals surface area (Å²) in [5.74, 6) is 1.12. The molecule has 0 aliphatic carbocycles. The van der Waals surface area contributed by atoms with Crippen LogP contribution in [0.2, 0.25) is 0 Å². The Morgan fingerprint density at radius 1 is 1.19 bits per heavy atom. The second-order valence-corrected chi connectivity index (χ2v) is 5.54. The van der Waals surface area contributed by atoms with Crippen LogP contribution in [0.4, 0.5) is 5.82 Å². The number of aromatic nitrogens is 1. The van der Waals surface area contributed by atoms with Gasteiger partial charge in [0.25, 0.3) is 0 Å². The summed E-state index contributed by atoms with van der Waals surface area (Å²) in [6.07, 6.45) is 8.79. The van der Waals surface area contributed by atoms with Crippen molar-refractivity contribution in [3.63, 3.8) is 0 Å². The summed E-state index contributed by atoms with van der Waals surface area (Å²) < 4.78 is 0. The van der Waals surface area contributed by atoms with Crippen molar-refractivity contribution in [2.45, 2.75) is 26.3 Å². The lowest BCUT2D eigenvalue weighted by molar-refractivity contribution is 0.676. The summed E-state index contributed by atoms with van der Waals surface area (Å²) >= 11 is 0. The Kier molecular flexibility index (Phi) is 4.51. The molecule has 1 aliphatic rings. The lowest BCUT2D eigenvalue weighted by Gasteiger charge is -2.26. The SMILES string of the molecule is CCCNCc1cnc(N2CC=CCC2)c2ccccc12. The lowest BCUT2D eigenvalue weighted by atomic mass is 10.1. The minimum Gasteiger partial charge on any atom is -0.352 e. The monoisotopic (exact) mass is 281 g/mol. The molecule has 1 aromatic carbocycles. The van der Waals surface area contributed by atoms with E-state index in [-0.39, 0.29) is 0 Å². The molecular weight excluding hydrogens is 258 g/mol. The van der Waals surface area contributed by atoms with Gasteiger partial charge in [-0.15, -0.1) is 0 Å². The van der Waals surface area contributed by atoms with Gasteiger partial charge < -0.3 is 10.2 Å². The largest absolute Gasteiger partial charge is 0.352 e. The van der Waals surface area contributed by atoms with Gasteiger partial charge in [0.15, 0.2) is 0 Å². The zero-order valence-corrected chi connectivity index (χ0v) is 12.7. The number of pyridine rings is 1. The van der Waals surface area contributed by atoms with Crippen molar-refractivity contribution in [3.8, 4) is 0 Å². The van der Waals surface area contributed by atoms with Crippen LogP contribution in [-0.4, -0.2) is 24.6 Å². The van der Waals surface area contributed by atoms with Crippen LogP contribution in [0, 0.1) is 0 Å². The third-order valence-corrected chi connectivity index (χ3v) is 3.96. The first kappa shape index (κ1) is 14.1. The summed E-state index contributed by atoms with van der Waals surface area (Å²) in [5.41, 5.74) is 1.29. The number of hydrogen-bond donors (Lipinski definition) is 1. The Morgan fingerprint density at radius 2 is 2.05 bits per heavy atom. The Morgan fingerprint density at radius 3 is 2.81 bits per heavy atom. The van der Waals surface area contributed by atoms with Crippen molar-refractivity contribution in [1.82, 2.24) is 10.3 Å². The zero-order chi connectivity index (χ0) is 14.5. The van der Waals surface area contributed by atoms with E-state index >= 15 is 0 Å². The van der Waals surface area contributed by atoms with E-state index in [9.17, 15) is 0 Å². The molecule has 0 amide bonds. The molecule has 2 aromatic rings. The molecule has 3 rings (SSSR count). The highest BCUT2D eigenvalue weighted by Gasteiger charge is 2.13. The first-order valence-corrected chi connectivity index (χ1v) is 7.87. The molecule has 0 unspecified atom stereocenters. The van der Waals surface area contributed by atoms with E-state index in [1.54, 1.807) is 0 Å². The van der Waals surface area contributed by atoms with Crippen LogP contribution in [0.5, 0.6) is 0 Å². The van der Waals surface area contributed by atoms with E-state index in [4.69, 9.17) is 4.98 Å². The van der Waals surface area contributed by atoms with E-state index in [0.717, 1.165) is 44.8 Å². The first-order chi connectivity index (χ1) is 10.4. The normalized spacial score (nSPS) is 14.8. The highest BCUT2D eigenvalue weighted by Crippen LogP contribution is 2.28. The van der Waals surface area contributed by atoms with Gasteiger partial charge in [-0.3, -0.25) is 0 Å². The molecule has 0 saturated heterocycles. The number of hydrogen-bond acceptors (Lipinski definition) is 3. The van der Waals surface area contributed by atoms with Gasteiger partial charge in [-0.1, -0.05) is 43.3 Å². The number of rotatable bonds is 5. The zero-order valence-electron chi connectivity index (χ0n) is 12.7. The molecular formula is C18H23N3. The average molecular weight is 281 g/mol. The molecule has 3 heteroatoms. The van der Waals surface area contributed by atoms with Crippen LogP contribution in [0.25, 0.3) is 10.8 Å². The van der Waals surface area contributed by atoms with Gasteiger partial charge in [0.1, 0.15) is 5.82 Å². The van der Waals surface area contributed by atoms with E-state index < -0.39 is 0 Å². The molecule has 0 atom stereocenters. The van der Waals surface area contributed by atoms with Crippen LogP contribution < -0.4 is 10.2 Å². The fraction of sp³-hybridized carbons (Fsp3) is 0.389. The van der Waals surface area contributed by atoms with Crippen molar-refractivity contribution >= 4 is 16.6 Å². The molecule has 0 saturated carbocycles. The predicted octanol–water partition coefficient (Wildman–Crippen LogP) is 3.50. The summed E-state index contributed by atoms with van der Waals surface area (Å²) in [7, 11) is 0. The van der Waals surface area contributed by atoms with Crippen LogP contribution in [0.15, 0.2) is 42.6 Å². The van der Waals surface area contributed by atoms with Gasteiger partial charge in [0.05, 0.1) is 0 Å². The molecule has 1 aliphatic heterocycles. The Bertz CT molecular complexity index is 633. The highest BCUT2D eigenvalue weighted by molar-refractivity contribution is 5.94. The summed E-state index contributed by atoms with van der Waals surface area (Å²) in [5, 5.41) is 6.06. The fourth-order valence-corrected chi connectivity index (χ4v) is 2.86. The minimum atomic E-state index is 0.890. The molecule has 1 aromatic heterocycles. The quantitative estimate of drug-likeness (QED) is 0.671. The van der Waals surface area contributed by atoms with Crippen molar-refractivity contribution in [2.75, 3.05) is 24.5 Å². The van der Waals surface area contributed by atoms with Crippen molar-refractivity contribution in [1.29, 1.82) is 0 Å². The topological polar surface area (TPSA) is 28.2 Å². The number of anilines is 1. The van der Waals surface area contributed by atoms with Gasteiger partial charge in [-0.2, -0.15) is 0 Å². The maximum atomic E-state index is 4.76. The van der Waals surface area contributed by atoms with Crippen molar-refractivity contribution in [2.24, 2.45) is 0 Å². The van der Waals surface area contributed by atoms with Gasteiger partial charge in [0, 0.05) is 31.2 Å². The molecule has 0 spiro atoms. The standard InChI is InChI=1S/C18H23N3/c1-2-10-19-13-15-14-20-18(21-11-6-3-7-12-21)17-9-5-4-8-16(15)17/h3-6,8-9,14,19H,2,7,10-13H2,1H3. The van der Waals surface area contributed by atoms with Crippen LogP contribution >= 0.6 is 0 Å². The van der Waals surface area contributed by atoms with Gasteiger partial charge in [0.2, 0.25) is 0 Å². The number of nitrogens with zero attached hydrogens (tertiary/aromatic N) is 2. The maximum Gasteiger partial charge on any atom is 0.136 e. The van der Waals surface area contributed by atoms with E-state index in [1.165, 1.54) is 16.3 Å². The molecule has 0 radical (unpaired) electrons. The fourth-order valence-electron chi connectivity index (χ4n) is 2.86. The van der Waals surface area contributed by atoms with Gasteiger partial charge >= 0.3 is 0 Å². The summed E-state index contributed by atoms with van der Waals surface area (Å²) in [6.45, 7) is 6.15. The van der Waals surface area contributed by atoms with Crippen LogP contribution in [0.1, 0.15) is 25.3 Å². The minimum absolute atomic E-state index is 0.890. The van der Waals surface area contributed by atoms with E-state index in [1.807, 2.05) is 6.20 Å². The number of nitrogens with one attached hydrogen (secondary N) is 1. The number of fused-ring (bicyclic) bond motifs is 1. The van der Waals surface area contributed by atoms with E-state index in [0.29, 0.717) is 0 Å². The Balaban J connectivity index is 1.96. The highest BCUT2D eigenvalue weighted by atomic mass is 15.2. The average Bonchev–Trinajstić information content (AvgIpc) is 2.56. The van der Waals surface area contributed by atoms with Gasteiger partial charge in [-0.05, 0) is 30.3 Å². The summed E-state index contributed by atoms with van der Waals surface area (Å²) in [6, 6.07) is 8.63. The second-order valence-electron chi connectivity index (χ2n) is 5.54. The smallest absolute Gasteiger partial charge is 0.136 e. The first-order valence-electron chi connectivity index (χ1n) is 7.87. The second kappa shape index (κ2) is 6.72. The molecule has 2 heterocycles. The molecule has 0 bridgehead atoms. The third-order valence-electron chi connectivity index (χ3n) is 3.96. The Hall–Kier alpha value is -1.87. The molecule has 110 valence electrons. The predicted molar refractivity (Wildman–Crippen MR) is 89.7 cm³/mol. The van der Waals surface area contributed by atoms with Gasteiger partial charge in [-0.25, -0.2) is 4.98 Å². The third kappa shape index (κ3) is 3.08. The Labute approximate surface area is 126 Å². The van der Waals surface area contributed by atoms with E-state index in [2.05, 4.69) is 53.6 Å². The maximum absolute atomic E-state index is 4.76. The molecule has 1 N–H and O–H groups in total.